The van der Waals surface area contributed by atoms with E-state index in [0.29, 0.717) is 16.5 Å². The van der Waals surface area contributed by atoms with Gasteiger partial charge in [0.15, 0.2) is 11.8 Å². The van der Waals surface area contributed by atoms with Gasteiger partial charge in [0.05, 0.1) is 4.92 Å². The first-order valence-electron chi connectivity index (χ1n) is 4.76. The van der Waals surface area contributed by atoms with Gasteiger partial charge >= 0.3 is 0 Å². The van der Waals surface area contributed by atoms with Crippen LogP contribution in [0.5, 0.6) is 0 Å². The van der Waals surface area contributed by atoms with Crippen molar-refractivity contribution >= 4 is 28.3 Å². The summed E-state index contributed by atoms with van der Waals surface area (Å²) in [6, 6.07) is 6.02. The molecule has 0 fully saturated rings. The Bertz CT molecular complexity index is 611. The van der Waals surface area contributed by atoms with Gasteiger partial charge in [-0.1, -0.05) is 12.1 Å². The van der Waals surface area contributed by atoms with Crippen LogP contribution in [0, 0.1) is 15.5 Å². The number of nitrogens with zero attached hydrogens (tertiary/aromatic N) is 3. The molecule has 0 bridgehead atoms. The third-order valence-electron chi connectivity index (χ3n) is 1.98. The Balaban J connectivity index is 2.31. The van der Waals surface area contributed by atoms with Crippen LogP contribution in [0.3, 0.4) is 0 Å². The summed E-state index contributed by atoms with van der Waals surface area (Å²) in [4.78, 5) is 14.2. The fourth-order valence-electron chi connectivity index (χ4n) is 1.27. The SMILES string of the molecule is N=C(N)Nc1nc(-c2cccc([N+](=O)[O-])c2)ns1. The van der Waals surface area contributed by atoms with E-state index >= 15 is 0 Å². The molecule has 0 aliphatic heterocycles. The van der Waals surface area contributed by atoms with E-state index in [-0.39, 0.29) is 11.6 Å². The number of hydrogen-bond acceptors (Lipinski definition) is 6. The monoisotopic (exact) mass is 264 g/mol. The zero-order valence-electron chi connectivity index (χ0n) is 8.95. The molecule has 0 atom stereocenters. The van der Waals surface area contributed by atoms with Crippen molar-refractivity contribution in [3.05, 3.63) is 34.4 Å². The lowest BCUT2D eigenvalue weighted by molar-refractivity contribution is -0.384. The highest BCUT2D eigenvalue weighted by molar-refractivity contribution is 7.10. The third-order valence-corrected chi connectivity index (χ3v) is 2.61. The Labute approximate surface area is 105 Å². The standard InChI is InChI=1S/C9H8N6O2S/c10-8(11)13-9-12-7(14-18-9)5-2-1-3-6(4-5)15(16)17/h1-4H,(H4,10,11,12,13,14). The van der Waals surface area contributed by atoms with E-state index in [1.807, 2.05) is 0 Å². The summed E-state index contributed by atoms with van der Waals surface area (Å²) in [7, 11) is 0. The van der Waals surface area contributed by atoms with Crippen molar-refractivity contribution in [2.75, 3.05) is 5.32 Å². The number of nitro benzene ring substituents is 1. The van der Waals surface area contributed by atoms with E-state index in [2.05, 4.69) is 14.7 Å². The maximum atomic E-state index is 10.6. The van der Waals surface area contributed by atoms with Crippen molar-refractivity contribution in [3.63, 3.8) is 0 Å². The Morgan fingerprint density at radius 1 is 1.56 bits per heavy atom. The first kappa shape index (κ1) is 11.9. The Kier molecular flexibility index (Phi) is 3.15. The molecule has 2 aromatic rings. The molecule has 0 aliphatic carbocycles. The molecule has 1 aromatic heterocycles. The summed E-state index contributed by atoms with van der Waals surface area (Å²) >= 11 is 1.02. The molecule has 9 heteroatoms. The largest absolute Gasteiger partial charge is 0.370 e. The number of nitro groups is 1. The van der Waals surface area contributed by atoms with Crippen molar-refractivity contribution in [2.24, 2.45) is 5.73 Å². The molecule has 0 radical (unpaired) electrons. The molecule has 8 nitrogen and oxygen atoms in total. The highest BCUT2D eigenvalue weighted by atomic mass is 32.1. The number of nitrogens with one attached hydrogen (secondary N) is 2. The zero-order valence-corrected chi connectivity index (χ0v) is 9.77. The second kappa shape index (κ2) is 4.75. The van der Waals surface area contributed by atoms with Gasteiger partial charge < -0.3 is 11.1 Å². The molecular formula is C9H8N6O2S. The second-order valence-corrected chi connectivity index (χ2v) is 4.02. The fraction of sp³-hybridized carbons (Fsp3) is 0. The summed E-state index contributed by atoms with van der Waals surface area (Å²) in [5.41, 5.74) is 5.67. The minimum atomic E-state index is -0.482. The van der Waals surface area contributed by atoms with Gasteiger partial charge in [0.1, 0.15) is 0 Å². The van der Waals surface area contributed by atoms with Crippen molar-refractivity contribution in [2.45, 2.75) is 0 Å². The van der Waals surface area contributed by atoms with Crippen LogP contribution in [0.25, 0.3) is 11.4 Å². The molecule has 2 rings (SSSR count). The van der Waals surface area contributed by atoms with Gasteiger partial charge in [-0.25, -0.2) is 0 Å². The summed E-state index contributed by atoms with van der Waals surface area (Å²) in [6.07, 6.45) is 0. The molecule has 0 unspecified atom stereocenters. The normalized spacial score (nSPS) is 10.0. The molecule has 4 N–H and O–H groups in total. The third kappa shape index (κ3) is 2.58. The van der Waals surface area contributed by atoms with E-state index in [1.54, 1.807) is 12.1 Å². The molecule has 0 spiro atoms. The van der Waals surface area contributed by atoms with Gasteiger partial charge in [0.2, 0.25) is 5.13 Å². The molecule has 0 amide bonds. The topological polar surface area (TPSA) is 131 Å². The first-order valence-corrected chi connectivity index (χ1v) is 5.53. The van der Waals surface area contributed by atoms with Crippen molar-refractivity contribution in [1.82, 2.24) is 9.36 Å². The summed E-state index contributed by atoms with van der Waals surface area (Å²) in [5.74, 6) is 0.115. The minimum Gasteiger partial charge on any atom is -0.370 e. The van der Waals surface area contributed by atoms with Crippen LogP contribution in [-0.4, -0.2) is 20.2 Å². The minimum absolute atomic E-state index is 0.0247. The van der Waals surface area contributed by atoms with E-state index in [1.165, 1.54) is 12.1 Å². The number of aromatic nitrogens is 2. The van der Waals surface area contributed by atoms with Gasteiger partial charge in [0, 0.05) is 29.2 Å². The van der Waals surface area contributed by atoms with Crippen molar-refractivity contribution < 1.29 is 4.92 Å². The fourth-order valence-corrected chi connectivity index (χ4v) is 1.87. The number of non-ortho nitro benzene ring substituents is 1. The van der Waals surface area contributed by atoms with Crippen LogP contribution in [-0.2, 0) is 0 Å². The number of anilines is 1. The van der Waals surface area contributed by atoms with Gasteiger partial charge in [0.25, 0.3) is 5.69 Å². The molecule has 92 valence electrons. The zero-order chi connectivity index (χ0) is 13.1. The molecule has 1 aromatic carbocycles. The number of guanidine groups is 1. The number of nitrogens with two attached hydrogens (primary N) is 1. The first-order chi connectivity index (χ1) is 8.56. The van der Waals surface area contributed by atoms with Gasteiger partial charge in [-0.05, 0) is 0 Å². The Hall–Kier alpha value is -2.55. The van der Waals surface area contributed by atoms with Crippen LogP contribution in [0.15, 0.2) is 24.3 Å². The maximum Gasteiger partial charge on any atom is 0.270 e. The van der Waals surface area contributed by atoms with Gasteiger partial charge in [-0.3, -0.25) is 15.5 Å². The van der Waals surface area contributed by atoms with Gasteiger partial charge in [-0.2, -0.15) is 9.36 Å². The average molecular weight is 264 g/mol. The molecule has 0 aliphatic rings. The number of hydrogen-bond donors (Lipinski definition) is 3. The lowest BCUT2D eigenvalue weighted by Crippen LogP contribution is -2.20. The summed E-state index contributed by atoms with van der Waals surface area (Å²) in [5, 5.41) is 20.6. The van der Waals surface area contributed by atoms with Crippen LogP contribution in [0.2, 0.25) is 0 Å². The lowest BCUT2D eigenvalue weighted by Gasteiger charge is -1.96. The molecule has 1 heterocycles. The van der Waals surface area contributed by atoms with E-state index in [0.717, 1.165) is 11.5 Å². The van der Waals surface area contributed by atoms with Crippen LogP contribution >= 0.6 is 11.5 Å². The van der Waals surface area contributed by atoms with Gasteiger partial charge in [-0.15, -0.1) is 0 Å². The average Bonchev–Trinajstić information content (AvgIpc) is 2.77. The van der Waals surface area contributed by atoms with Crippen LogP contribution in [0.4, 0.5) is 10.8 Å². The molecule has 0 saturated carbocycles. The highest BCUT2D eigenvalue weighted by Gasteiger charge is 2.11. The molecule has 18 heavy (non-hydrogen) atoms. The van der Waals surface area contributed by atoms with Crippen LogP contribution in [0.1, 0.15) is 0 Å². The Morgan fingerprint density at radius 2 is 2.33 bits per heavy atom. The van der Waals surface area contributed by atoms with Crippen molar-refractivity contribution in [1.29, 1.82) is 5.41 Å². The quantitative estimate of drug-likeness (QED) is 0.332. The second-order valence-electron chi connectivity index (χ2n) is 3.27. The van der Waals surface area contributed by atoms with E-state index in [9.17, 15) is 10.1 Å². The predicted molar refractivity (Wildman–Crippen MR) is 67.5 cm³/mol. The lowest BCUT2D eigenvalue weighted by atomic mass is 10.2. The molecular weight excluding hydrogens is 256 g/mol. The maximum absolute atomic E-state index is 10.6. The number of rotatable bonds is 3. The summed E-state index contributed by atoms with van der Waals surface area (Å²) < 4.78 is 4.03. The van der Waals surface area contributed by atoms with Crippen molar-refractivity contribution in [3.8, 4) is 11.4 Å². The molecule has 0 saturated heterocycles. The Morgan fingerprint density at radius 3 is 3.00 bits per heavy atom. The van der Waals surface area contributed by atoms with E-state index in [4.69, 9.17) is 11.1 Å². The van der Waals surface area contributed by atoms with Crippen LogP contribution < -0.4 is 11.1 Å². The van der Waals surface area contributed by atoms with E-state index < -0.39 is 4.92 Å². The smallest absolute Gasteiger partial charge is 0.270 e. The highest BCUT2D eigenvalue weighted by Crippen LogP contribution is 2.24. The summed E-state index contributed by atoms with van der Waals surface area (Å²) in [6.45, 7) is 0. The predicted octanol–water partition coefficient (Wildman–Crippen LogP) is 1.42. The number of benzene rings is 1.